The van der Waals surface area contributed by atoms with E-state index in [4.69, 9.17) is 9.47 Å². The third-order valence-electron chi connectivity index (χ3n) is 3.51. The van der Waals surface area contributed by atoms with Gasteiger partial charge >= 0.3 is 6.61 Å². The minimum absolute atomic E-state index is 0.00305. The van der Waals surface area contributed by atoms with Crippen LogP contribution in [0.3, 0.4) is 0 Å². The number of nitrogens with zero attached hydrogens (tertiary/aromatic N) is 1. The number of hydrogen-bond donors (Lipinski definition) is 2. The zero-order chi connectivity index (χ0) is 19.4. The summed E-state index contributed by atoms with van der Waals surface area (Å²) in [5, 5.41) is 6.25. The van der Waals surface area contributed by atoms with E-state index in [9.17, 15) is 8.78 Å². The number of rotatable bonds is 11. The second-order valence-electron chi connectivity index (χ2n) is 6.01. The van der Waals surface area contributed by atoms with E-state index in [0.29, 0.717) is 31.6 Å². The lowest BCUT2D eigenvalue weighted by atomic mass is 10.1. The van der Waals surface area contributed by atoms with Gasteiger partial charge in [0.2, 0.25) is 0 Å². The van der Waals surface area contributed by atoms with Crippen LogP contribution in [0.2, 0.25) is 0 Å². The van der Waals surface area contributed by atoms with Gasteiger partial charge in [-0.2, -0.15) is 8.78 Å². The van der Waals surface area contributed by atoms with E-state index in [1.165, 1.54) is 13.2 Å². The van der Waals surface area contributed by atoms with Gasteiger partial charge in [0, 0.05) is 26.7 Å². The lowest BCUT2D eigenvalue weighted by Crippen LogP contribution is -2.38. The first-order valence-electron chi connectivity index (χ1n) is 8.60. The minimum Gasteiger partial charge on any atom is -0.493 e. The number of benzene rings is 1. The maximum absolute atomic E-state index is 12.5. The molecule has 0 aliphatic rings. The Morgan fingerprint density at radius 1 is 1.15 bits per heavy atom. The average Bonchev–Trinajstić information content (AvgIpc) is 2.60. The van der Waals surface area contributed by atoms with E-state index in [1.807, 2.05) is 0 Å². The lowest BCUT2D eigenvalue weighted by molar-refractivity contribution is -0.0512. The molecule has 6 nitrogen and oxygen atoms in total. The van der Waals surface area contributed by atoms with Gasteiger partial charge < -0.3 is 24.8 Å². The van der Waals surface area contributed by atoms with Crippen LogP contribution >= 0.6 is 0 Å². The molecule has 2 N–H and O–H groups in total. The van der Waals surface area contributed by atoms with Gasteiger partial charge in [-0.1, -0.05) is 19.9 Å². The number of hydrogen-bond acceptors (Lipinski definition) is 4. The molecule has 0 aromatic heterocycles. The van der Waals surface area contributed by atoms with Crippen LogP contribution < -0.4 is 20.1 Å². The maximum Gasteiger partial charge on any atom is 0.387 e. The van der Waals surface area contributed by atoms with Crippen molar-refractivity contribution in [3.05, 3.63) is 23.8 Å². The van der Waals surface area contributed by atoms with Crippen LogP contribution in [0.1, 0.15) is 25.8 Å². The van der Waals surface area contributed by atoms with Crippen molar-refractivity contribution in [2.24, 2.45) is 10.9 Å². The monoisotopic (exact) mass is 373 g/mol. The molecular weight excluding hydrogens is 344 g/mol. The van der Waals surface area contributed by atoms with Gasteiger partial charge in [-0.25, -0.2) is 0 Å². The number of aliphatic imine (C=N–C) groups is 1. The molecular formula is C18H29F2N3O3. The van der Waals surface area contributed by atoms with E-state index in [2.05, 4.69) is 34.2 Å². The van der Waals surface area contributed by atoms with E-state index in [1.54, 1.807) is 19.2 Å². The van der Waals surface area contributed by atoms with Crippen LogP contribution in [-0.2, 0) is 11.3 Å². The van der Waals surface area contributed by atoms with Crippen molar-refractivity contribution in [3.8, 4) is 11.5 Å². The molecule has 0 fully saturated rings. The van der Waals surface area contributed by atoms with E-state index in [0.717, 1.165) is 18.6 Å². The minimum atomic E-state index is -2.91. The van der Waals surface area contributed by atoms with Crippen molar-refractivity contribution in [1.29, 1.82) is 0 Å². The summed E-state index contributed by atoms with van der Waals surface area (Å²) >= 11 is 0. The normalized spacial score (nSPS) is 11.8. The first kappa shape index (κ1) is 22.0. The van der Waals surface area contributed by atoms with Crippen LogP contribution in [-0.4, -0.2) is 46.5 Å². The Morgan fingerprint density at radius 2 is 1.92 bits per heavy atom. The number of nitrogens with one attached hydrogen (secondary N) is 2. The van der Waals surface area contributed by atoms with Crippen LogP contribution in [0, 0.1) is 5.92 Å². The standard InChI is InChI=1S/C18H29F2N3O3/c1-13(2)7-9-25-10-8-22-18(21-3)23-12-14-5-6-15(24-4)16(11-14)26-17(19)20/h5-6,11,13,17H,7-10,12H2,1-4H3,(H2,21,22,23). The van der Waals surface area contributed by atoms with Crippen LogP contribution in [0.5, 0.6) is 11.5 Å². The highest BCUT2D eigenvalue weighted by atomic mass is 19.3. The summed E-state index contributed by atoms with van der Waals surface area (Å²) in [7, 11) is 3.06. The third-order valence-corrected chi connectivity index (χ3v) is 3.51. The van der Waals surface area contributed by atoms with E-state index >= 15 is 0 Å². The van der Waals surface area contributed by atoms with Crippen molar-refractivity contribution in [1.82, 2.24) is 10.6 Å². The predicted molar refractivity (Wildman–Crippen MR) is 98.1 cm³/mol. The van der Waals surface area contributed by atoms with Gasteiger partial charge in [0.05, 0.1) is 13.7 Å². The molecule has 0 unspecified atom stereocenters. The molecule has 148 valence electrons. The van der Waals surface area contributed by atoms with Crippen LogP contribution in [0.15, 0.2) is 23.2 Å². The molecule has 0 aliphatic carbocycles. The number of alkyl halides is 2. The van der Waals surface area contributed by atoms with Gasteiger partial charge in [0.1, 0.15) is 0 Å². The third kappa shape index (κ3) is 8.84. The highest BCUT2D eigenvalue weighted by Gasteiger charge is 2.11. The Balaban J connectivity index is 2.43. The molecule has 1 aromatic carbocycles. The van der Waals surface area contributed by atoms with Crippen molar-refractivity contribution < 1.29 is 23.0 Å². The van der Waals surface area contributed by atoms with Crippen molar-refractivity contribution >= 4 is 5.96 Å². The van der Waals surface area contributed by atoms with E-state index in [-0.39, 0.29) is 11.5 Å². The summed E-state index contributed by atoms with van der Waals surface area (Å²) in [6, 6.07) is 4.88. The fourth-order valence-corrected chi connectivity index (χ4v) is 2.09. The maximum atomic E-state index is 12.5. The topological polar surface area (TPSA) is 64.1 Å². The van der Waals surface area contributed by atoms with Gasteiger partial charge in [0.15, 0.2) is 17.5 Å². The first-order chi connectivity index (χ1) is 12.5. The molecule has 0 atom stereocenters. The van der Waals surface area contributed by atoms with Gasteiger partial charge in [-0.3, -0.25) is 4.99 Å². The predicted octanol–water partition coefficient (Wildman–Crippen LogP) is 3.02. The molecule has 26 heavy (non-hydrogen) atoms. The molecule has 1 rings (SSSR count). The number of halogens is 2. The number of ether oxygens (including phenoxy) is 3. The molecule has 0 radical (unpaired) electrons. The Bertz CT molecular complexity index is 554. The smallest absolute Gasteiger partial charge is 0.387 e. The average molecular weight is 373 g/mol. The summed E-state index contributed by atoms with van der Waals surface area (Å²) in [5.74, 6) is 1.49. The zero-order valence-electron chi connectivity index (χ0n) is 15.9. The molecule has 0 amide bonds. The Kier molecular flexibility index (Phi) is 10.4. The quantitative estimate of drug-likeness (QED) is 0.355. The van der Waals surface area contributed by atoms with Gasteiger partial charge in [0.25, 0.3) is 0 Å². The highest BCUT2D eigenvalue weighted by Crippen LogP contribution is 2.29. The molecule has 0 bridgehead atoms. The first-order valence-corrected chi connectivity index (χ1v) is 8.60. The van der Waals surface area contributed by atoms with Crippen molar-refractivity contribution in [2.45, 2.75) is 33.4 Å². The fraction of sp³-hybridized carbons (Fsp3) is 0.611. The molecule has 0 saturated heterocycles. The summed E-state index contributed by atoms with van der Waals surface area (Å²) in [4.78, 5) is 4.12. The van der Waals surface area contributed by atoms with Gasteiger partial charge in [-0.15, -0.1) is 0 Å². The molecule has 8 heteroatoms. The number of methoxy groups -OCH3 is 1. The highest BCUT2D eigenvalue weighted by molar-refractivity contribution is 5.79. The molecule has 0 aliphatic heterocycles. The number of guanidine groups is 1. The Hall–Kier alpha value is -2.09. The van der Waals surface area contributed by atoms with Crippen LogP contribution in [0.4, 0.5) is 8.78 Å². The molecule has 0 saturated carbocycles. The molecule has 0 heterocycles. The van der Waals surface area contributed by atoms with Crippen molar-refractivity contribution in [3.63, 3.8) is 0 Å². The SMILES string of the molecule is CN=C(NCCOCCC(C)C)NCc1ccc(OC)c(OC(F)F)c1. The molecule has 0 spiro atoms. The van der Waals surface area contributed by atoms with E-state index < -0.39 is 6.61 Å². The lowest BCUT2D eigenvalue weighted by Gasteiger charge is -2.14. The van der Waals surface area contributed by atoms with Gasteiger partial charge in [-0.05, 0) is 30.0 Å². The summed E-state index contributed by atoms with van der Waals surface area (Å²) in [6.07, 6.45) is 1.04. The second kappa shape index (κ2) is 12.3. The van der Waals surface area contributed by atoms with Crippen LogP contribution in [0.25, 0.3) is 0 Å². The summed E-state index contributed by atoms with van der Waals surface area (Å²) in [5.41, 5.74) is 0.762. The fourth-order valence-electron chi connectivity index (χ4n) is 2.09. The largest absolute Gasteiger partial charge is 0.493 e. The van der Waals surface area contributed by atoms with Crippen molar-refractivity contribution in [2.75, 3.05) is 33.9 Å². The summed E-state index contributed by atoms with van der Waals surface area (Å²) in [6.45, 7) is 3.76. The second-order valence-corrected chi connectivity index (χ2v) is 6.01. The zero-order valence-corrected chi connectivity index (χ0v) is 15.9. The Labute approximate surface area is 153 Å². The Morgan fingerprint density at radius 3 is 2.54 bits per heavy atom. The molecule has 1 aromatic rings. The summed E-state index contributed by atoms with van der Waals surface area (Å²) < 4.78 is 40.0.